The van der Waals surface area contributed by atoms with E-state index in [9.17, 15) is 13.2 Å². The van der Waals surface area contributed by atoms with Crippen LogP contribution in [0, 0.1) is 23.7 Å². The SMILES string of the molecule is FC(F)(F)c1ccccc1C#CC#Cc1ccccc1. The van der Waals surface area contributed by atoms with Crippen LogP contribution in [0.4, 0.5) is 13.2 Å². The minimum Gasteiger partial charge on any atom is -0.166 e. The maximum absolute atomic E-state index is 12.7. The van der Waals surface area contributed by atoms with E-state index in [4.69, 9.17) is 0 Å². The number of benzene rings is 2. The average molecular weight is 270 g/mol. The summed E-state index contributed by atoms with van der Waals surface area (Å²) in [4.78, 5) is 0. The molecule has 3 heteroatoms. The second kappa shape index (κ2) is 5.99. The van der Waals surface area contributed by atoms with Crippen molar-refractivity contribution in [3.8, 4) is 23.7 Å². The van der Waals surface area contributed by atoms with Crippen molar-refractivity contribution in [1.82, 2.24) is 0 Å². The van der Waals surface area contributed by atoms with Gasteiger partial charge in [0, 0.05) is 11.1 Å². The van der Waals surface area contributed by atoms with E-state index in [-0.39, 0.29) is 5.56 Å². The van der Waals surface area contributed by atoms with E-state index in [1.807, 2.05) is 18.2 Å². The average Bonchev–Trinajstić information content (AvgIpc) is 2.44. The Bertz CT molecular complexity index is 705. The molecule has 98 valence electrons. The molecule has 0 aliphatic heterocycles. The fourth-order valence-electron chi connectivity index (χ4n) is 1.56. The summed E-state index contributed by atoms with van der Waals surface area (Å²) in [6.45, 7) is 0. The summed E-state index contributed by atoms with van der Waals surface area (Å²) >= 11 is 0. The molecule has 0 aliphatic rings. The van der Waals surface area contributed by atoms with Crippen LogP contribution >= 0.6 is 0 Å². The summed E-state index contributed by atoms with van der Waals surface area (Å²) in [5, 5.41) is 0. The smallest absolute Gasteiger partial charge is 0.166 e. The van der Waals surface area contributed by atoms with Crippen LogP contribution in [0.1, 0.15) is 16.7 Å². The van der Waals surface area contributed by atoms with Crippen LogP contribution in [0.2, 0.25) is 0 Å². The maximum atomic E-state index is 12.7. The lowest BCUT2D eigenvalue weighted by molar-refractivity contribution is -0.137. The van der Waals surface area contributed by atoms with Crippen molar-refractivity contribution < 1.29 is 13.2 Å². The fraction of sp³-hybridized carbons (Fsp3) is 0.0588. The molecule has 0 bridgehead atoms. The van der Waals surface area contributed by atoms with Crippen LogP contribution in [-0.2, 0) is 6.18 Å². The molecule has 0 saturated carbocycles. The summed E-state index contributed by atoms with van der Waals surface area (Å²) in [5.41, 5.74) is -0.0396. The molecule has 0 nitrogen and oxygen atoms in total. The second-order valence-electron chi connectivity index (χ2n) is 3.91. The first-order valence-corrected chi connectivity index (χ1v) is 5.80. The van der Waals surface area contributed by atoms with Crippen molar-refractivity contribution in [2.45, 2.75) is 6.18 Å². The summed E-state index contributed by atoms with van der Waals surface area (Å²) in [5.74, 6) is 10.2. The first kappa shape index (κ1) is 13.8. The van der Waals surface area contributed by atoms with E-state index in [0.717, 1.165) is 11.6 Å². The van der Waals surface area contributed by atoms with Gasteiger partial charge in [-0.3, -0.25) is 0 Å². The first-order chi connectivity index (χ1) is 9.57. The van der Waals surface area contributed by atoms with Gasteiger partial charge >= 0.3 is 6.18 Å². The zero-order valence-corrected chi connectivity index (χ0v) is 10.3. The molecule has 2 aromatic rings. The van der Waals surface area contributed by atoms with Crippen molar-refractivity contribution in [3.63, 3.8) is 0 Å². The molecule has 0 amide bonds. The van der Waals surface area contributed by atoms with E-state index in [0.29, 0.717) is 0 Å². The summed E-state index contributed by atoms with van der Waals surface area (Å²) < 4.78 is 38.2. The molecule has 0 radical (unpaired) electrons. The quantitative estimate of drug-likeness (QED) is 0.632. The van der Waals surface area contributed by atoms with E-state index in [1.54, 1.807) is 12.1 Å². The molecule has 0 heterocycles. The van der Waals surface area contributed by atoms with Crippen molar-refractivity contribution in [3.05, 3.63) is 71.3 Å². The molecule has 0 spiro atoms. The molecular formula is C17H9F3. The van der Waals surface area contributed by atoms with E-state index in [1.165, 1.54) is 18.2 Å². The standard InChI is InChI=1S/C17H9F3/c18-17(19,20)16-13-7-6-12-15(16)11-5-4-10-14-8-2-1-3-9-14/h1-3,6-9,12-13H. The summed E-state index contributed by atoms with van der Waals surface area (Å²) in [6.07, 6.45) is -4.40. The lowest BCUT2D eigenvalue weighted by atomic mass is 10.1. The maximum Gasteiger partial charge on any atom is 0.417 e. The zero-order chi connectivity index (χ0) is 14.4. The van der Waals surface area contributed by atoms with Gasteiger partial charge in [-0.05, 0) is 36.1 Å². The number of hydrogen-bond acceptors (Lipinski definition) is 0. The van der Waals surface area contributed by atoms with Gasteiger partial charge in [0.25, 0.3) is 0 Å². The molecule has 0 unspecified atom stereocenters. The lowest BCUT2D eigenvalue weighted by Crippen LogP contribution is -2.07. The predicted molar refractivity (Wildman–Crippen MR) is 71.6 cm³/mol. The molecule has 0 aliphatic carbocycles. The van der Waals surface area contributed by atoms with Crippen LogP contribution in [0.5, 0.6) is 0 Å². The van der Waals surface area contributed by atoms with Crippen molar-refractivity contribution in [2.75, 3.05) is 0 Å². The highest BCUT2D eigenvalue weighted by atomic mass is 19.4. The Balaban J connectivity index is 2.25. The van der Waals surface area contributed by atoms with Crippen molar-refractivity contribution >= 4 is 0 Å². The van der Waals surface area contributed by atoms with Crippen LogP contribution in [0.3, 0.4) is 0 Å². The molecule has 0 saturated heterocycles. The number of alkyl halides is 3. The van der Waals surface area contributed by atoms with Crippen LogP contribution in [0.15, 0.2) is 54.6 Å². The first-order valence-electron chi connectivity index (χ1n) is 5.80. The minimum absolute atomic E-state index is 0.0673. The Kier molecular flexibility index (Phi) is 4.13. The molecule has 0 aromatic heterocycles. The van der Waals surface area contributed by atoms with E-state index < -0.39 is 11.7 Å². The summed E-state index contributed by atoms with van der Waals surface area (Å²) in [7, 11) is 0. The number of halogens is 3. The molecule has 0 atom stereocenters. The third kappa shape index (κ3) is 3.67. The Morgan fingerprint density at radius 2 is 1.30 bits per heavy atom. The van der Waals surface area contributed by atoms with Gasteiger partial charge in [0.1, 0.15) is 0 Å². The number of hydrogen-bond donors (Lipinski definition) is 0. The van der Waals surface area contributed by atoms with Crippen LogP contribution in [-0.4, -0.2) is 0 Å². The third-order valence-corrected chi connectivity index (χ3v) is 2.47. The van der Waals surface area contributed by atoms with Crippen molar-refractivity contribution in [1.29, 1.82) is 0 Å². The Morgan fingerprint density at radius 1 is 0.700 bits per heavy atom. The molecular weight excluding hydrogens is 261 g/mol. The molecule has 20 heavy (non-hydrogen) atoms. The Labute approximate surface area is 115 Å². The zero-order valence-electron chi connectivity index (χ0n) is 10.3. The molecule has 0 fully saturated rings. The van der Waals surface area contributed by atoms with E-state index in [2.05, 4.69) is 23.7 Å². The molecule has 2 rings (SSSR count). The van der Waals surface area contributed by atoms with Gasteiger partial charge in [-0.2, -0.15) is 13.2 Å². The van der Waals surface area contributed by atoms with Gasteiger partial charge < -0.3 is 0 Å². The van der Waals surface area contributed by atoms with Crippen molar-refractivity contribution in [2.24, 2.45) is 0 Å². The third-order valence-electron chi connectivity index (χ3n) is 2.47. The van der Waals surface area contributed by atoms with E-state index >= 15 is 0 Å². The molecule has 2 aromatic carbocycles. The van der Waals surface area contributed by atoms with Gasteiger partial charge in [0.15, 0.2) is 0 Å². The highest BCUT2D eigenvalue weighted by molar-refractivity contribution is 5.47. The summed E-state index contributed by atoms with van der Waals surface area (Å²) in [6, 6.07) is 14.3. The van der Waals surface area contributed by atoms with Crippen LogP contribution in [0.25, 0.3) is 0 Å². The Morgan fingerprint density at radius 3 is 2.00 bits per heavy atom. The predicted octanol–water partition coefficient (Wildman–Crippen LogP) is 4.11. The van der Waals surface area contributed by atoms with Gasteiger partial charge in [-0.15, -0.1) is 0 Å². The normalized spacial score (nSPS) is 9.95. The largest absolute Gasteiger partial charge is 0.417 e. The molecule has 0 N–H and O–H groups in total. The van der Waals surface area contributed by atoms with Gasteiger partial charge in [-0.25, -0.2) is 0 Å². The van der Waals surface area contributed by atoms with Gasteiger partial charge in [0.2, 0.25) is 0 Å². The monoisotopic (exact) mass is 270 g/mol. The highest BCUT2D eigenvalue weighted by Crippen LogP contribution is 2.31. The van der Waals surface area contributed by atoms with Crippen LogP contribution < -0.4 is 0 Å². The second-order valence-corrected chi connectivity index (χ2v) is 3.91. The fourth-order valence-corrected chi connectivity index (χ4v) is 1.56. The number of rotatable bonds is 0. The topological polar surface area (TPSA) is 0 Å². The lowest BCUT2D eigenvalue weighted by Gasteiger charge is -2.07. The highest BCUT2D eigenvalue weighted by Gasteiger charge is 2.32. The van der Waals surface area contributed by atoms with Gasteiger partial charge in [-0.1, -0.05) is 42.2 Å². The minimum atomic E-state index is -4.40. The Hall–Kier alpha value is -2.65. The van der Waals surface area contributed by atoms with Gasteiger partial charge in [0.05, 0.1) is 5.56 Å².